The highest BCUT2D eigenvalue weighted by atomic mass is 16.2. The third-order valence-electron chi connectivity index (χ3n) is 4.95. The molecule has 2 heterocycles. The molecule has 3 rings (SSSR count). The van der Waals surface area contributed by atoms with Crippen LogP contribution in [0.5, 0.6) is 0 Å². The second-order valence-corrected chi connectivity index (χ2v) is 6.58. The van der Waals surface area contributed by atoms with Crippen LogP contribution in [0, 0.1) is 12.8 Å². The highest BCUT2D eigenvalue weighted by molar-refractivity contribution is 5.95. The first kappa shape index (κ1) is 17.2. The molecule has 132 valence electrons. The van der Waals surface area contributed by atoms with Gasteiger partial charge in [-0.05, 0) is 37.8 Å². The molecule has 6 heteroatoms. The second kappa shape index (κ2) is 7.51. The van der Waals surface area contributed by atoms with E-state index in [0.717, 1.165) is 37.2 Å². The van der Waals surface area contributed by atoms with E-state index in [4.69, 9.17) is 0 Å². The molecule has 6 nitrogen and oxygen atoms in total. The highest BCUT2D eigenvalue weighted by Gasteiger charge is 2.24. The number of nitrogens with zero attached hydrogens (tertiary/aromatic N) is 3. The minimum absolute atomic E-state index is 0.0756. The van der Waals surface area contributed by atoms with Gasteiger partial charge in [-0.15, -0.1) is 0 Å². The standard InChI is InChI=1S/C19H24N4O2/c1-14-17(13-21-22(14)2)18(24)20-12-15-8-10-23(11-9-15)19(25)16-6-4-3-5-7-16/h3-7,13,15H,8-12H2,1-2H3,(H,20,24). The summed E-state index contributed by atoms with van der Waals surface area (Å²) in [6.45, 7) is 4.00. The summed E-state index contributed by atoms with van der Waals surface area (Å²) in [6.07, 6.45) is 3.42. The predicted molar refractivity (Wildman–Crippen MR) is 95.3 cm³/mol. The predicted octanol–water partition coefficient (Wildman–Crippen LogP) is 2.01. The first-order chi connectivity index (χ1) is 12.1. The van der Waals surface area contributed by atoms with Gasteiger partial charge in [0.2, 0.25) is 0 Å². The van der Waals surface area contributed by atoms with Crippen LogP contribution in [-0.2, 0) is 7.05 Å². The maximum absolute atomic E-state index is 12.4. The second-order valence-electron chi connectivity index (χ2n) is 6.58. The zero-order chi connectivity index (χ0) is 17.8. The van der Waals surface area contributed by atoms with Crippen LogP contribution in [-0.4, -0.2) is 46.1 Å². The van der Waals surface area contributed by atoms with E-state index in [-0.39, 0.29) is 11.8 Å². The van der Waals surface area contributed by atoms with Gasteiger partial charge in [-0.2, -0.15) is 5.10 Å². The zero-order valence-corrected chi connectivity index (χ0v) is 14.7. The Morgan fingerprint density at radius 3 is 2.48 bits per heavy atom. The Kier molecular flexibility index (Phi) is 5.16. The van der Waals surface area contributed by atoms with Gasteiger partial charge in [0, 0.05) is 37.9 Å². The van der Waals surface area contributed by atoms with Gasteiger partial charge in [-0.25, -0.2) is 0 Å². The number of nitrogens with one attached hydrogen (secondary N) is 1. The van der Waals surface area contributed by atoms with Crippen LogP contribution in [0.3, 0.4) is 0 Å². The lowest BCUT2D eigenvalue weighted by molar-refractivity contribution is 0.0684. The molecule has 0 atom stereocenters. The summed E-state index contributed by atoms with van der Waals surface area (Å²) in [4.78, 5) is 26.6. The molecule has 0 radical (unpaired) electrons. The van der Waals surface area contributed by atoms with E-state index in [9.17, 15) is 9.59 Å². The van der Waals surface area contributed by atoms with Crippen molar-refractivity contribution in [1.82, 2.24) is 20.0 Å². The molecule has 1 fully saturated rings. The number of likely N-dealkylation sites (tertiary alicyclic amines) is 1. The number of carbonyl (C=O) groups excluding carboxylic acids is 2. The Bertz CT molecular complexity index is 746. The van der Waals surface area contributed by atoms with Crippen molar-refractivity contribution in [2.45, 2.75) is 19.8 Å². The molecule has 25 heavy (non-hydrogen) atoms. The van der Waals surface area contributed by atoms with Gasteiger partial charge in [-0.1, -0.05) is 18.2 Å². The third kappa shape index (κ3) is 3.90. The fourth-order valence-electron chi connectivity index (χ4n) is 3.16. The van der Waals surface area contributed by atoms with E-state index < -0.39 is 0 Å². The molecule has 2 amide bonds. The Morgan fingerprint density at radius 1 is 1.20 bits per heavy atom. The SMILES string of the molecule is Cc1c(C(=O)NCC2CCN(C(=O)c3ccccc3)CC2)cnn1C. The lowest BCUT2D eigenvalue weighted by atomic mass is 9.96. The molecule has 1 aliphatic heterocycles. The molecule has 0 aliphatic carbocycles. The summed E-state index contributed by atoms with van der Waals surface area (Å²) in [5.74, 6) is 0.420. The van der Waals surface area contributed by atoms with Crippen LogP contribution in [0.15, 0.2) is 36.5 Å². The van der Waals surface area contributed by atoms with Crippen molar-refractivity contribution in [2.24, 2.45) is 13.0 Å². The van der Waals surface area contributed by atoms with Crippen LogP contribution in [0.2, 0.25) is 0 Å². The first-order valence-electron chi connectivity index (χ1n) is 8.67. The number of aryl methyl sites for hydroxylation is 1. The van der Waals surface area contributed by atoms with Gasteiger partial charge < -0.3 is 10.2 Å². The molecule has 2 aromatic rings. The molecule has 0 bridgehead atoms. The van der Waals surface area contributed by atoms with Crippen LogP contribution in [0.25, 0.3) is 0 Å². The van der Waals surface area contributed by atoms with Gasteiger partial charge in [0.1, 0.15) is 0 Å². The first-order valence-corrected chi connectivity index (χ1v) is 8.67. The molecule has 0 saturated carbocycles. The van der Waals surface area contributed by atoms with Gasteiger partial charge >= 0.3 is 0 Å². The maximum Gasteiger partial charge on any atom is 0.254 e. The fraction of sp³-hybridized carbons (Fsp3) is 0.421. The largest absolute Gasteiger partial charge is 0.352 e. The smallest absolute Gasteiger partial charge is 0.254 e. The number of piperidine rings is 1. The normalized spacial score (nSPS) is 15.2. The topological polar surface area (TPSA) is 67.2 Å². The van der Waals surface area contributed by atoms with Crippen LogP contribution < -0.4 is 5.32 Å². The third-order valence-corrected chi connectivity index (χ3v) is 4.95. The zero-order valence-electron chi connectivity index (χ0n) is 14.7. The summed E-state index contributed by atoms with van der Waals surface area (Å²) < 4.78 is 1.70. The van der Waals surface area contributed by atoms with E-state index in [1.54, 1.807) is 10.9 Å². The van der Waals surface area contributed by atoms with E-state index in [1.807, 2.05) is 49.2 Å². The number of carbonyl (C=O) groups is 2. The average Bonchev–Trinajstić information content (AvgIpc) is 2.99. The van der Waals surface area contributed by atoms with Gasteiger partial charge in [0.15, 0.2) is 0 Å². The molecule has 1 N–H and O–H groups in total. The Hall–Kier alpha value is -2.63. The Balaban J connectivity index is 1.47. The Morgan fingerprint density at radius 2 is 1.88 bits per heavy atom. The van der Waals surface area contributed by atoms with Crippen molar-refractivity contribution in [1.29, 1.82) is 0 Å². The minimum Gasteiger partial charge on any atom is -0.352 e. The van der Waals surface area contributed by atoms with Gasteiger partial charge in [0.05, 0.1) is 11.8 Å². The van der Waals surface area contributed by atoms with E-state index in [2.05, 4.69) is 10.4 Å². The van der Waals surface area contributed by atoms with E-state index in [1.165, 1.54) is 0 Å². The van der Waals surface area contributed by atoms with Crippen molar-refractivity contribution in [3.63, 3.8) is 0 Å². The molecule has 1 aliphatic rings. The summed E-state index contributed by atoms with van der Waals surface area (Å²) >= 11 is 0. The van der Waals surface area contributed by atoms with Crippen molar-refractivity contribution in [2.75, 3.05) is 19.6 Å². The fourth-order valence-corrected chi connectivity index (χ4v) is 3.16. The maximum atomic E-state index is 12.4. The van der Waals surface area contributed by atoms with E-state index >= 15 is 0 Å². The number of amides is 2. The summed E-state index contributed by atoms with van der Waals surface area (Å²) in [5, 5.41) is 7.10. The molecular formula is C19H24N4O2. The summed E-state index contributed by atoms with van der Waals surface area (Å²) in [5.41, 5.74) is 2.22. The lowest BCUT2D eigenvalue weighted by Gasteiger charge is -2.32. The molecule has 1 aromatic carbocycles. The average molecular weight is 340 g/mol. The minimum atomic E-state index is -0.0756. The number of rotatable bonds is 4. The molecule has 0 spiro atoms. The van der Waals surface area contributed by atoms with Gasteiger partial charge in [0.25, 0.3) is 11.8 Å². The Labute approximate surface area is 147 Å². The van der Waals surface area contributed by atoms with E-state index in [0.29, 0.717) is 18.0 Å². The van der Waals surface area contributed by atoms with Crippen LogP contribution in [0.1, 0.15) is 39.3 Å². The monoisotopic (exact) mass is 340 g/mol. The van der Waals surface area contributed by atoms with Crippen molar-refractivity contribution < 1.29 is 9.59 Å². The van der Waals surface area contributed by atoms with Crippen molar-refractivity contribution in [3.05, 3.63) is 53.3 Å². The number of benzene rings is 1. The van der Waals surface area contributed by atoms with Crippen molar-refractivity contribution in [3.8, 4) is 0 Å². The number of hydrogen-bond donors (Lipinski definition) is 1. The highest BCUT2D eigenvalue weighted by Crippen LogP contribution is 2.19. The molecule has 1 aromatic heterocycles. The van der Waals surface area contributed by atoms with Crippen LogP contribution >= 0.6 is 0 Å². The summed E-state index contributed by atoms with van der Waals surface area (Å²) in [6, 6.07) is 9.39. The molecule has 1 saturated heterocycles. The molecular weight excluding hydrogens is 316 g/mol. The molecule has 0 unspecified atom stereocenters. The quantitative estimate of drug-likeness (QED) is 0.926. The summed E-state index contributed by atoms with van der Waals surface area (Å²) in [7, 11) is 1.82. The van der Waals surface area contributed by atoms with Crippen molar-refractivity contribution >= 4 is 11.8 Å². The van der Waals surface area contributed by atoms with Crippen LogP contribution in [0.4, 0.5) is 0 Å². The van der Waals surface area contributed by atoms with Gasteiger partial charge in [-0.3, -0.25) is 14.3 Å². The lowest BCUT2D eigenvalue weighted by Crippen LogP contribution is -2.41. The number of hydrogen-bond acceptors (Lipinski definition) is 3. The number of aromatic nitrogens is 2.